The number of aromatic nitrogens is 2. The second-order valence-corrected chi connectivity index (χ2v) is 8.91. The van der Waals surface area contributed by atoms with Gasteiger partial charge >= 0.3 is 0 Å². The molecule has 5 rings (SSSR count). The molecule has 0 radical (unpaired) electrons. The van der Waals surface area contributed by atoms with Crippen LogP contribution in [0.4, 0.5) is 5.69 Å². The number of aromatic hydroxyl groups is 1. The van der Waals surface area contributed by atoms with Gasteiger partial charge in [-0.1, -0.05) is 35.1 Å². The fraction of sp³-hybridized carbons (Fsp3) is 0.217. The maximum Gasteiger partial charge on any atom is 0.274 e. The Hall–Kier alpha value is -3.03. The van der Waals surface area contributed by atoms with Crippen LogP contribution in [0.15, 0.2) is 47.4 Å². The first-order valence-corrected chi connectivity index (χ1v) is 11.2. The van der Waals surface area contributed by atoms with Crippen molar-refractivity contribution in [2.24, 2.45) is 0 Å². The second-order valence-electron chi connectivity index (χ2n) is 7.49. The minimum absolute atomic E-state index is 0.120. The summed E-state index contributed by atoms with van der Waals surface area (Å²) in [6.45, 7) is 2.22. The molecule has 0 spiro atoms. The van der Waals surface area contributed by atoms with Crippen molar-refractivity contribution in [3.63, 3.8) is 0 Å². The molecule has 0 saturated carbocycles. The Kier molecular flexibility index (Phi) is 5.08. The average molecular weight is 454 g/mol. The Balaban J connectivity index is 1.49. The van der Waals surface area contributed by atoms with E-state index in [-0.39, 0.29) is 22.1 Å². The lowest BCUT2D eigenvalue weighted by Gasteiger charge is -2.17. The van der Waals surface area contributed by atoms with Crippen LogP contribution in [0.3, 0.4) is 0 Å². The molecule has 158 valence electrons. The van der Waals surface area contributed by atoms with Gasteiger partial charge in [0.05, 0.1) is 22.4 Å². The van der Waals surface area contributed by atoms with Gasteiger partial charge in [-0.2, -0.15) is 0 Å². The molecule has 8 heteroatoms. The molecule has 31 heavy (non-hydrogen) atoms. The van der Waals surface area contributed by atoms with Crippen LogP contribution in [0.1, 0.15) is 18.4 Å². The standard InChI is InChI=1S/C23H20ClN3O3S/c1-30-19-11-14(10-17(24)21(19)28)12-20-22(29)27-13-18(25-23(27)31-20)15-4-6-16(7-5-15)26-8-2-3-9-26/h4-7,10-13,28H,2-3,8-9H2,1H3. The SMILES string of the molecule is COc1cc(C=c2sc3nc(-c4ccc(N5CCCC5)cc4)cn3c2=O)cc(Cl)c1O. The molecule has 0 bridgehead atoms. The van der Waals surface area contributed by atoms with Gasteiger partial charge in [0.15, 0.2) is 16.5 Å². The van der Waals surface area contributed by atoms with Crippen LogP contribution in [0.5, 0.6) is 11.5 Å². The number of hydrogen-bond acceptors (Lipinski definition) is 6. The van der Waals surface area contributed by atoms with Gasteiger partial charge in [-0.25, -0.2) is 4.98 Å². The number of rotatable bonds is 4. The smallest absolute Gasteiger partial charge is 0.274 e. The first-order chi connectivity index (χ1) is 15.0. The number of phenols is 1. The van der Waals surface area contributed by atoms with E-state index >= 15 is 0 Å². The van der Waals surface area contributed by atoms with Crippen molar-refractivity contribution in [2.45, 2.75) is 12.8 Å². The molecule has 1 aliphatic heterocycles. The molecule has 6 nitrogen and oxygen atoms in total. The van der Waals surface area contributed by atoms with Gasteiger partial charge < -0.3 is 14.7 Å². The molecule has 4 aromatic rings. The average Bonchev–Trinajstić information content (AvgIpc) is 3.50. The van der Waals surface area contributed by atoms with Crippen LogP contribution in [0, 0.1) is 0 Å². The van der Waals surface area contributed by atoms with E-state index in [1.165, 1.54) is 37.0 Å². The third-order valence-corrected chi connectivity index (χ3v) is 6.78. The van der Waals surface area contributed by atoms with Crippen molar-refractivity contribution in [2.75, 3.05) is 25.1 Å². The zero-order valence-corrected chi connectivity index (χ0v) is 18.4. The number of hydrogen-bond donors (Lipinski definition) is 1. The number of phenolic OH excluding ortho intramolecular Hbond substituents is 1. The van der Waals surface area contributed by atoms with E-state index in [4.69, 9.17) is 16.3 Å². The van der Waals surface area contributed by atoms with Gasteiger partial charge in [-0.15, -0.1) is 0 Å². The molecule has 1 saturated heterocycles. The van der Waals surface area contributed by atoms with E-state index in [2.05, 4.69) is 34.1 Å². The van der Waals surface area contributed by atoms with Crippen LogP contribution in [-0.2, 0) is 0 Å². The van der Waals surface area contributed by atoms with E-state index in [0.29, 0.717) is 15.1 Å². The van der Waals surface area contributed by atoms with Gasteiger partial charge in [0.2, 0.25) is 0 Å². The highest BCUT2D eigenvalue weighted by Crippen LogP contribution is 2.35. The fourth-order valence-corrected chi connectivity index (χ4v) is 5.05. The van der Waals surface area contributed by atoms with Crippen molar-refractivity contribution in [3.05, 3.63) is 68.1 Å². The summed E-state index contributed by atoms with van der Waals surface area (Å²) in [7, 11) is 1.45. The van der Waals surface area contributed by atoms with Crippen LogP contribution in [0.2, 0.25) is 5.02 Å². The zero-order valence-electron chi connectivity index (χ0n) is 16.8. The predicted octanol–water partition coefficient (Wildman–Crippen LogP) is 3.94. The maximum atomic E-state index is 12.9. The molecule has 1 aliphatic rings. The summed E-state index contributed by atoms with van der Waals surface area (Å²) in [5, 5.41) is 10.1. The minimum atomic E-state index is -0.143. The normalized spacial score (nSPS) is 14.6. The van der Waals surface area contributed by atoms with Crippen LogP contribution < -0.4 is 19.7 Å². The third-order valence-electron chi connectivity index (χ3n) is 5.51. The Morgan fingerprint density at radius 3 is 2.61 bits per heavy atom. The number of ether oxygens (including phenoxy) is 1. The lowest BCUT2D eigenvalue weighted by molar-refractivity contribution is 0.373. The molecule has 2 aromatic carbocycles. The topological polar surface area (TPSA) is 67.1 Å². The first kappa shape index (κ1) is 19.9. The number of methoxy groups -OCH3 is 1. The Morgan fingerprint density at radius 1 is 1.19 bits per heavy atom. The van der Waals surface area contributed by atoms with Crippen molar-refractivity contribution in [1.29, 1.82) is 0 Å². The largest absolute Gasteiger partial charge is 0.503 e. The molecule has 1 N–H and O–H groups in total. The molecule has 0 amide bonds. The number of halogens is 1. The van der Waals surface area contributed by atoms with Gasteiger partial charge in [0.1, 0.15) is 0 Å². The molecule has 3 heterocycles. The van der Waals surface area contributed by atoms with Crippen molar-refractivity contribution < 1.29 is 9.84 Å². The Morgan fingerprint density at radius 2 is 1.94 bits per heavy atom. The lowest BCUT2D eigenvalue weighted by atomic mass is 10.1. The van der Waals surface area contributed by atoms with Gasteiger partial charge in [-0.05, 0) is 48.7 Å². The second kappa shape index (κ2) is 7.90. The minimum Gasteiger partial charge on any atom is -0.503 e. The molecule has 0 atom stereocenters. The van der Waals surface area contributed by atoms with Gasteiger partial charge in [0, 0.05) is 30.5 Å². The maximum absolute atomic E-state index is 12.9. The quantitative estimate of drug-likeness (QED) is 0.507. The molecule has 1 fully saturated rings. The molecule has 0 aliphatic carbocycles. The summed E-state index contributed by atoms with van der Waals surface area (Å²) in [5.41, 5.74) is 3.51. The van der Waals surface area contributed by atoms with Gasteiger partial charge in [0.25, 0.3) is 5.56 Å². The highest BCUT2D eigenvalue weighted by molar-refractivity contribution is 7.15. The first-order valence-electron chi connectivity index (χ1n) is 9.99. The van der Waals surface area contributed by atoms with Crippen LogP contribution in [-0.4, -0.2) is 34.7 Å². The number of thiazole rings is 1. The van der Waals surface area contributed by atoms with Gasteiger partial charge in [-0.3, -0.25) is 9.20 Å². The molecule has 0 unspecified atom stereocenters. The highest BCUT2D eigenvalue weighted by atomic mass is 35.5. The van der Waals surface area contributed by atoms with E-state index in [1.54, 1.807) is 28.8 Å². The third kappa shape index (κ3) is 3.64. The Labute approximate surface area is 187 Å². The van der Waals surface area contributed by atoms with Crippen LogP contribution in [0.25, 0.3) is 22.3 Å². The summed E-state index contributed by atoms with van der Waals surface area (Å²) in [6, 6.07) is 11.6. The van der Waals surface area contributed by atoms with Crippen molar-refractivity contribution in [3.8, 4) is 22.8 Å². The zero-order chi connectivity index (χ0) is 21.5. The number of benzene rings is 2. The monoisotopic (exact) mass is 453 g/mol. The van der Waals surface area contributed by atoms with Crippen LogP contribution >= 0.6 is 22.9 Å². The summed E-state index contributed by atoms with van der Waals surface area (Å²) in [5.74, 6) is 0.136. The fourth-order valence-electron chi connectivity index (χ4n) is 3.87. The number of fused-ring (bicyclic) bond motifs is 1. The molecule has 2 aromatic heterocycles. The van der Waals surface area contributed by atoms with Crippen molar-refractivity contribution in [1.82, 2.24) is 9.38 Å². The van der Waals surface area contributed by atoms with E-state index in [1.807, 2.05) is 0 Å². The predicted molar refractivity (Wildman–Crippen MR) is 125 cm³/mol. The molecular weight excluding hydrogens is 434 g/mol. The number of nitrogens with zero attached hydrogens (tertiary/aromatic N) is 3. The van der Waals surface area contributed by atoms with Crippen molar-refractivity contribution >= 4 is 39.7 Å². The number of anilines is 1. The number of imidazole rings is 1. The molecular formula is C23H20ClN3O3S. The summed E-state index contributed by atoms with van der Waals surface area (Å²) in [6.07, 6.45) is 5.99. The summed E-state index contributed by atoms with van der Waals surface area (Å²) < 4.78 is 7.23. The van der Waals surface area contributed by atoms with E-state index in [9.17, 15) is 9.90 Å². The van der Waals surface area contributed by atoms with E-state index in [0.717, 1.165) is 24.3 Å². The summed E-state index contributed by atoms with van der Waals surface area (Å²) >= 11 is 7.37. The summed E-state index contributed by atoms with van der Waals surface area (Å²) in [4.78, 5) is 20.6. The lowest BCUT2D eigenvalue weighted by Crippen LogP contribution is -2.22. The Bertz CT molecular complexity index is 1370. The van der Waals surface area contributed by atoms with E-state index < -0.39 is 0 Å². The highest BCUT2D eigenvalue weighted by Gasteiger charge is 2.14.